The summed E-state index contributed by atoms with van der Waals surface area (Å²) in [5.41, 5.74) is 1.11. The van der Waals surface area contributed by atoms with Crippen molar-refractivity contribution in [2.45, 2.75) is 46.0 Å². The smallest absolute Gasteiger partial charge is 0.221 e. The maximum Gasteiger partial charge on any atom is 0.221 e. The van der Waals surface area contributed by atoms with Crippen LogP contribution in [-0.2, 0) is 11.2 Å². The maximum absolute atomic E-state index is 6.00. The topological polar surface area (TPSA) is 56.3 Å². The van der Waals surface area contributed by atoms with Gasteiger partial charge >= 0.3 is 0 Å². The third-order valence-electron chi connectivity index (χ3n) is 3.74. The number of hydrogen-bond acceptors (Lipinski definition) is 5. The first-order valence-electron chi connectivity index (χ1n) is 8.13. The van der Waals surface area contributed by atoms with Crippen molar-refractivity contribution in [2.24, 2.45) is 5.92 Å². The SMILES string of the molecule is CCCNc1ncnc(OCC2CCOCC2)c1CCC. The van der Waals surface area contributed by atoms with E-state index in [2.05, 4.69) is 29.1 Å². The van der Waals surface area contributed by atoms with Gasteiger partial charge in [0.2, 0.25) is 5.88 Å². The number of aromatic nitrogens is 2. The summed E-state index contributed by atoms with van der Waals surface area (Å²) in [7, 11) is 0. The lowest BCUT2D eigenvalue weighted by Gasteiger charge is -2.22. The minimum atomic E-state index is 0.579. The highest BCUT2D eigenvalue weighted by Gasteiger charge is 2.17. The molecule has 1 aromatic heterocycles. The van der Waals surface area contributed by atoms with Gasteiger partial charge in [-0.15, -0.1) is 0 Å². The van der Waals surface area contributed by atoms with E-state index in [1.54, 1.807) is 6.33 Å². The van der Waals surface area contributed by atoms with Crippen LogP contribution in [0.15, 0.2) is 6.33 Å². The monoisotopic (exact) mass is 293 g/mol. The zero-order valence-electron chi connectivity index (χ0n) is 13.2. The average Bonchev–Trinajstić information content (AvgIpc) is 2.53. The Hall–Kier alpha value is -1.36. The normalized spacial score (nSPS) is 15.9. The van der Waals surface area contributed by atoms with Gasteiger partial charge in [0.05, 0.1) is 12.2 Å². The Morgan fingerprint density at radius 2 is 2.05 bits per heavy atom. The Morgan fingerprint density at radius 1 is 1.24 bits per heavy atom. The first-order valence-corrected chi connectivity index (χ1v) is 8.13. The Labute approximate surface area is 127 Å². The molecule has 5 nitrogen and oxygen atoms in total. The summed E-state index contributed by atoms with van der Waals surface area (Å²) < 4.78 is 11.4. The fourth-order valence-electron chi connectivity index (χ4n) is 2.50. The van der Waals surface area contributed by atoms with Crippen LogP contribution in [-0.4, -0.2) is 36.3 Å². The molecule has 1 aliphatic rings. The van der Waals surface area contributed by atoms with Crippen LogP contribution in [0.25, 0.3) is 0 Å². The lowest BCUT2D eigenvalue weighted by Crippen LogP contribution is -2.22. The van der Waals surface area contributed by atoms with Gasteiger partial charge in [-0.2, -0.15) is 0 Å². The second kappa shape index (κ2) is 8.82. The third-order valence-corrected chi connectivity index (χ3v) is 3.74. The van der Waals surface area contributed by atoms with Gasteiger partial charge in [-0.05, 0) is 31.6 Å². The van der Waals surface area contributed by atoms with Gasteiger partial charge in [-0.1, -0.05) is 20.3 Å². The molecule has 0 bridgehead atoms. The number of ether oxygens (including phenoxy) is 2. The lowest BCUT2D eigenvalue weighted by atomic mass is 10.0. The molecule has 2 heterocycles. The summed E-state index contributed by atoms with van der Waals surface area (Å²) in [6.45, 7) is 7.67. The van der Waals surface area contributed by atoms with E-state index >= 15 is 0 Å². The summed E-state index contributed by atoms with van der Waals surface area (Å²) in [6.07, 6.45) is 6.83. The maximum atomic E-state index is 6.00. The van der Waals surface area contributed by atoms with Crippen molar-refractivity contribution in [3.63, 3.8) is 0 Å². The number of nitrogens with zero attached hydrogens (tertiary/aromatic N) is 2. The summed E-state index contributed by atoms with van der Waals surface area (Å²) in [5.74, 6) is 2.25. The molecule has 0 unspecified atom stereocenters. The zero-order valence-corrected chi connectivity index (χ0v) is 13.2. The van der Waals surface area contributed by atoms with Gasteiger partial charge in [0, 0.05) is 19.8 Å². The molecule has 5 heteroatoms. The molecular formula is C16H27N3O2. The standard InChI is InChI=1S/C16H27N3O2/c1-3-5-14-15(17-8-4-2)18-12-19-16(14)21-11-13-6-9-20-10-7-13/h12-13H,3-11H2,1-2H3,(H,17,18,19). The van der Waals surface area contributed by atoms with E-state index in [9.17, 15) is 0 Å². The Kier molecular flexibility index (Phi) is 6.73. The van der Waals surface area contributed by atoms with E-state index in [0.29, 0.717) is 5.92 Å². The third kappa shape index (κ3) is 4.84. The highest BCUT2D eigenvalue weighted by atomic mass is 16.5. The van der Waals surface area contributed by atoms with Gasteiger partial charge in [0.25, 0.3) is 0 Å². The van der Waals surface area contributed by atoms with E-state index in [-0.39, 0.29) is 0 Å². The van der Waals surface area contributed by atoms with Gasteiger partial charge < -0.3 is 14.8 Å². The van der Waals surface area contributed by atoms with E-state index in [1.807, 2.05) is 0 Å². The summed E-state index contributed by atoms with van der Waals surface area (Å²) in [5, 5.41) is 3.37. The predicted octanol–water partition coefficient (Wildman–Crippen LogP) is 3.06. The van der Waals surface area contributed by atoms with Gasteiger partial charge in [-0.3, -0.25) is 0 Å². The number of anilines is 1. The molecule has 1 saturated heterocycles. The Balaban J connectivity index is 2.02. The molecule has 0 aliphatic carbocycles. The minimum Gasteiger partial charge on any atom is -0.477 e. The molecule has 2 rings (SSSR count). The van der Waals surface area contributed by atoms with Gasteiger partial charge in [-0.25, -0.2) is 9.97 Å². The molecule has 0 amide bonds. The minimum absolute atomic E-state index is 0.579. The molecule has 0 atom stereocenters. The van der Waals surface area contributed by atoms with Crippen molar-refractivity contribution < 1.29 is 9.47 Å². The second-order valence-electron chi connectivity index (χ2n) is 5.55. The average molecular weight is 293 g/mol. The first-order chi connectivity index (χ1) is 10.3. The molecule has 0 saturated carbocycles. The van der Waals surface area contributed by atoms with E-state index in [0.717, 1.165) is 75.7 Å². The number of hydrogen-bond donors (Lipinski definition) is 1. The molecule has 21 heavy (non-hydrogen) atoms. The highest BCUT2D eigenvalue weighted by Crippen LogP contribution is 2.25. The van der Waals surface area contributed by atoms with E-state index in [4.69, 9.17) is 9.47 Å². The van der Waals surface area contributed by atoms with Crippen LogP contribution in [0.5, 0.6) is 5.88 Å². The largest absolute Gasteiger partial charge is 0.477 e. The van der Waals surface area contributed by atoms with Crippen molar-refractivity contribution in [2.75, 3.05) is 31.7 Å². The molecular weight excluding hydrogens is 266 g/mol. The quantitative estimate of drug-likeness (QED) is 0.798. The highest BCUT2D eigenvalue weighted by molar-refractivity contribution is 5.48. The summed E-state index contributed by atoms with van der Waals surface area (Å²) >= 11 is 0. The Bertz CT molecular complexity index is 420. The van der Waals surface area contributed by atoms with Gasteiger partial charge in [0.15, 0.2) is 0 Å². The summed E-state index contributed by atoms with van der Waals surface area (Å²) in [4.78, 5) is 8.71. The van der Waals surface area contributed by atoms with E-state index in [1.165, 1.54) is 0 Å². The molecule has 0 aromatic carbocycles. The second-order valence-corrected chi connectivity index (χ2v) is 5.55. The summed E-state index contributed by atoms with van der Waals surface area (Å²) in [6, 6.07) is 0. The molecule has 0 spiro atoms. The van der Waals surface area contributed by atoms with Crippen LogP contribution >= 0.6 is 0 Å². The van der Waals surface area contributed by atoms with Crippen LogP contribution in [0.1, 0.15) is 45.1 Å². The predicted molar refractivity (Wildman–Crippen MR) is 83.8 cm³/mol. The molecule has 1 aliphatic heterocycles. The number of rotatable bonds is 8. The van der Waals surface area contributed by atoms with Gasteiger partial charge in [0.1, 0.15) is 12.1 Å². The Morgan fingerprint density at radius 3 is 2.76 bits per heavy atom. The van der Waals surface area contributed by atoms with Crippen LogP contribution in [0.2, 0.25) is 0 Å². The van der Waals surface area contributed by atoms with Crippen molar-refractivity contribution in [3.8, 4) is 5.88 Å². The lowest BCUT2D eigenvalue weighted by molar-refractivity contribution is 0.0488. The molecule has 1 aromatic rings. The van der Waals surface area contributed by atoms with E-state index < -0.39 is 0 Å². The van der Waals surface area contributed by atoms with Crippen LogP contribution in [0.4, 0.5) is 5.82 Å². The fraction of sp³-hybridized carbons (Fsp3) is 0.750. The van der Waals surface area contributed by atoms with Crippen LogP contribution < -0.4 is 10.1 Å². The van der Waals surface area contributed by atoms with Crippen molar-refractivity contribution in [1.82, 2.24) is 9.97 Å². The zero-order chi connectivity index (χ0) is 14.9. The van der Waals surface area contributed by atoms with Crippen molar-refractivity contribution in [1.29, 1.82) is 0 Å². The molecule has 1 N–H and O–H groups in total. The molecule has 118 valence electrons. The first kappa shape index (κ1) is 16.0. The molecule has 0 radical (unpaired) electrons. The van der Waals surface area contributed by atoms with Crippen molar-refractivity contribution in [3.05, 3.63) is 11.9 Å². The fourth-order valence-corrected chi connectivity index (χ4v) is 2.50. The van der Waals surface area contributed by atoms with Crippen LogP contribution in [0.3, 0.4) is 0 Å². The van der Waals surface area contributed by atoms with Crippen molar-refractivity contribution >= 4 is 5.82 Å². The number of nitrogens with one attached hydrogen (secondary N) is 1. The van der Waals surface area contributed by atoms with Crippen LogP contribution in [0, 0.1) is 5.92 Å². The molecule has 1 fully saturated rings.